The van der Waals surface area contributed by atoms with Crippen LogP contribution in [0.2, 0.25) is 0 Å². The molecule has 0 atom stereocenters. The van der Waals surface area contributed by atoms with Gasteiger partial charge in [0.25, 0.3) is 0 Å². The largest absolute Gasteiger partial charge is 0.496 e. The van der Waals surface area contributed by atoms with E-state index in [0.717, 1.165) is 28.5 Å². The van der Waals surface area contributed by atoms with Gasteiger partial charge in [-0.3, -0.25) is 0 Å². The lowest BCUT2D eigenvalue weighted by atomic mass is 9.85. The number of ether oxygens (including phenoxy) is 1. The number of aryl methyl sites for hydroxylation is 1. The molecule has 0 aliphatic carbocycles. The van der Waals surface area contributed by atoms with E-state index in [1.54, 1.807) is 7.11 Å². The van der Waals surface area contributed by atoms with Crippen molar-refractivity contribution < 1.29 is 4.74 Å². The van der Waals surface area contributed by atoms with Crippen molar-refractivity contribution in [1.29, 1.82) is 0 Å². The van der Waals surface area contributed by atoms with Gasteiger partial charge in [0.1, 0.15) is 11.6 Å². The highest BCUT2D eigenvalue weighted by molar-refractivity contribution is 5.65. The monoisotopic (exact) mass is 273 g/mol. The van der Waals surface area contributed by atoms with Gasteiger partial charge in [0.05, 0.1) is 19.3 Å². The normalized spacial score (nSPS) is 11.7. The van der Waals surface area contributed by atoms with Crippen molar-refractivity contribution in [2.75, 3.05) is 7.11 Å². The third kappa shape index (κ3) is 2.70. The molecule has 0 unspecified atom stereocenters. The van der Waals surface area contributed by atoms with Crippen molar-refractivity contribution in [2.24, 2.45) is 5.73 Å². The van der Waals surface area contributed by atoms with Crippen molar-refractivity contribution in [3.05, 3.63) is 35.3 Å². The fraction of sp³-hybridized carbons (Fsp3) is 0.438. The number of aromatic nitrogens is 2. The van der Waals surface area contributed by atoms with Crippen molar-refractivity contribution in [3.63, 3.8) is 0 Å². The first kappa shape index (κ1) is 14.6. The Morgan fingerprint density at radius 1 is 1.30 bits per heavy atom. The number of hydrogen-bond donors (Lipinski definition) is 2. The minimum Gasteiger partial charge on any atom is -0.496 e. The molecule has 0 saturated carbocycles. The third-order valence-electron chi connectivity index (χ3n) is 3.41. The molecule has 108 valence electrons. The highest BCUT2D eigenvalue weighted by Crippen LogP contribution is 2.35. The molecule has 4 nitrogen and oxygen atoms in total. The lowest BCUT2D eigenvalue weighted by Gasteiger charge is -2.22. The van der Waals surface area contributed by atoms with Gasteiger partial charge >= 0.3 is 0 Å². The first-order valence-corrected chi connectivity index (χ1v) is 6.81. The van der Waals surface area contributed by atoms with E-state index in [-0.39, 0.29) is 5.41 Å². The molecular formula is C16H23N3O. The standard InChI is InChI=1S/C16H23N3O/c1-10-15(19-14(9-17)18-10)11-6-7-13(20-5)12(8-11)16(2,3)4/h6-8H,9,17H2,1-5H3,(H,18,19). The van der Waals surface area contributed by atoms with E-state index in [0.29, 0.717) is 6.54 Å². The Balaban J connectivity index is 2.55. The molecule has 1 aromatic carbocycles. The first-order valence-electron chi connectivity index (χ1n) is 6.81. The summed E-state index contributed by atoms with van der Waals surface area (Å²) in [6, 6.07) is 6.20. The Morgan fingerprint density at radius 2 is 2.00 bits per heavy atom. The second-order valence-corrected chi connectivity index (χ2v) is 6.03. The van der Waals surface area contributed by atoms with Crippen molar-refractivity contribution in [2.45, 2.75) is 39.7 Å². The average Bonchev–Trinajstić information content (AvgIpc) is 2.78. The minimum absolute atomic E-state index is 0.0161. The van der Waals surface area contributed by atoms with Crippen molar-refractivity contribution in [3.8, 4) is 17.0 Å². The predicted octanol–water partition coefficient (Wildman–Crippen LogP) is 3.15. The SMILES string of the molecule is COc1ccc(-c2nc(CN)[nH]c2C)cc1C(C)(C)C. The summed E-state index contributed by atoms with van der Waals surface area (Å²) in [6.45, 7) is 8.97. The molecule has 2 aromatic rings. The van der Waals surface area contributed by atoms with Crippen LogP contribution < -0.4 is 10.5 Å². The van der Waals surface area contributed by atoms with Gasteiger partial charge < -0.3 is 15.5 Å². The molecule has 0 radical (unpaired) electrons. The number of nitrogens with zero attached hydrogens (tertiary/aromatic N) is 1. The van der Waals surface area contributed by atoms with E-state index >= 15 is 0 Å². The minimum atomic E-state index is 0.0161. The Bertz CT molecular complexity index is 609. The summed E-state index contributed by atoms with van der Waals surface area (Å²) in [6.07, 6.45) is 0. The molecule has 0 aliphatic rings. The number of H-pyrrole nitrogens is 1. The molecule has 0 fully saturated rings. The number of hydrogen-bond acceptors (Lipinski definition) is 3. The smallest absolute Gasteiger partial charge is 0.122 e. The van der Waals surface area contributed by atoms with Gasteiger partial charge in [-0.05, 0) is 30.5 Å². The summed E-state index contributed by atoms with van der Waals surface area (Å²) in [4.78, 5) is 7.77. The van der Waals surface area contributed by atoms with E-state index < -0.39 is 0 Å². The topological polar surface area (TPSA) is 63.9 Å². The molecule has 0 spiro atoms. The first-order chi connectivity index (χ1) is 9.36. The maximum Gasteiger partial charge on any atom is 0.122 e. The summed E-state index contributed by atoms with van der Waals surface area (Å²) in [7, 11) is 1.70. The number of nitrogens with one attached hydrogen (secondary N) is 1. The maximum atomic E-state index is 5.64. The van der Waals surface area contributed by atoms with Crippen LogP contribution in [0.5, 0.6) is 5.75 Å². The molecule has 4 heteroatoms. The van der Waals surface area contributed by atoms with E-state index in [1.165, 1.54) is 5.56 Å². The van der Waals surface area contributed by atoms with Crippen LogP contribution in [-0.2, 0) is 12.0 Å². The summed E-state index contributed by atoms with van der Waals surface area (Å²) in [5.41, 5.74) is 9.91. The molecule has 3 N–H and O–H groups in total. The Kier molecular flexibility index (Phi) is 3.86. The van der Waals surface area contributed by atoms with Crippen LogP contribution in [0.25, 0.3) is 11.3 Å². The lowest BCUT2D eigenvalue weighted by Crippen LogP contribution is -2.13. The number of methoxy groups -OCH3 is 1. The van der Waals surface area contributed by atoms with E-state index in [2.05, 4.69) is 36.8 Å². The van der Waals surface area contributed by atoms with Gasteiger partial charge in [-0.15, -0.1) is 0 Å². The van der Waals surface area contributed by atoms with Crippen LogP contribution in [0.4, 0.5) is 0 Å². The Morgan fingerprint density at radius 3 is 2.50 bits per heavy atom. The molecule has 1 aromatic heterocycles. The second-order valence-electron chi connectivity index (χ2n) is 6.03. The maximum absolute atomic E-state index is 5.64. The molecule has 0 amide bonds. The number of nitrogens with two attached hydrogens (primary N) is 1. The quantitative estimate of drug-likeness (QED) is 0.903. The molecule has 0 saturated heterocycles. The van der Waals surface area contributed by atoms with Crippen LogP contribution in [0, 0.1) is 6.92 Å². The third-order valence-corrected chi connectivity index (χ3v) is 3.41. The number of imidazole rings is 1. The Labute approximate surface area is 120 Å². The van der Waals surface area contributed by atoms with Gasteiger partial charge in [0, 0.05) is 16.8 Å². The predicted molar refractivity (Wildman–Crippen MR) is 81.9 cm³/mol. The van der Waals surface area contributed by atoms with E-state index in [4.69, 9.17) is 10.5 Å². The summed E-state index contributed by atoms with van der Waals surface area (Å²) in [5, 5.41) is 0. The second kappa shape index (κ2) is 5.29. The number of aromatic amines is 1. The van der Waals surface area contributed by atoms with Crippen LogP contribution >= 0.6 is 0 Å². The highest BCUT2D eigenvalue weighted by atomic mass is 16.5. The molecular weight excluding hydrogens is 250 g/mol. The zero-order valence-electron chi connectivity index (χ0n) is 12.9. The van der Waals surface area contributed by atoms with Crippen LogP contribution in [0.3, 0.4) is 0 Å². The van der Waals surface area contributed by atoms with Crippen molar-refractivity contribution >= 4 is 0 Å². The summed E-state index contributed by atoms with van der Waals surface area (Å²) < 4.78 is 5.47. The zero-order chi connectivity index (χ0) is 14.9. The van der Waals surface area contributed by atoms with Crippen molar-refractivity contribution in [1.82, 2.24) is 9.97 Å². The molecule has 0 aliphatic heterocycles. The highest BCUT2D eigenvalue weighted by Gasteiger charge is 2.20. The fourth-order valence-electron chi connectivity index (χ4n) is 2.34. The summed E-state index contributed by atoms with van der Waals surface area (Å²) >= 11 is 0. The van der Waals surface area contributed by atoms with Gasteiger partial charge in [-0.2, -0.15) is 0 Å². The number of rotatable bonds is 3. The van der Waals surface area contributed by atoms with Crippen LogP contribution in [0.1, 0.15) is 37.9 Å². The Hall–Kier alpha value is -1.81. The molecule has 2 rings (SSSR count). The fourth-order valence-corrected chi connectivity index (χ4v) is 2.34. The van der Waals surface area contributed by atoms with Gasteiger partial charge in [-0.25, -0.2) is 4.98 Å². The van der Waals surface area contributed by atoms with Gasteiger partial charge in [0.2, 0.25) is 0 Å². The van der Waals surface area contributed by atoms with Crippen LogP contribution in [0.15, 0.2) is 18.2 Å². The summed E-state index contributed by atoms with van der Waals surface area (Å²) in [5.74, 6) is 1.72. The van der Waals surface area contributed by atoms with Gasteiger partial charge in [0.15, 0.2) is 0 Å². The van der Waals surface area contributed by atoms with Gasteiger partial charge in [-0.1, -0.05) is 20.8 Å². The zero-order valence-corrected chi connectivity index (χ0v) is 12.9. The van der Waals surface area contributed by atoms with E-state index in [9.17, 15) is 0 Å². The van der Waals surface area contributed by atoms with E-state index in [1.807, 2.05) is 19.1 Å². The van der Waals surface area contributed by atoms with Crippen LogP contribution in [-0.4, -0.2) is 17.1 Å². The molecule has 20 heavy (non-hydrogen) atoms. The lowest BCUT2D eigenvalue weighted by molar-refractivity contribution is 0.397. The number of benzene rings is 1. The molecule has 0 bridgehead atoms. The molecule has 1 heterocycles. The average molecular weight is 273 g/mol.